The zero-order chi connectivity index (χ0) is 12.8. The molecule has 0 N–H and O–H groups in total. The molecule has 1 unspecified atom stereocenters. The molecule has 0 aromatic heterocycles. The molecular formula is C12H13BrF2O2. The van der Waals surface area contributed by atoms with Crippen molar-refractivity contribution in [2.24, 2.45) is 0 Å². The molecule has 0 heterocycles. The van der Waals surface area contributed by atoms with Gasteiger partial charge in [-0.1, -0.05) is 22.0 Å². The van der Waals surface area contributed by atoms with Gasteiger partial charge in [0.1, 0.15) is 0 Å². The molecule has 2 nitrogen and oxygen atoms in total. The number of hydrogen-bond acceptors (Lipinski definition) is 2. The first-order valence-electron chi connectivity index (χ1n) is 5.26. The number of rotatable bonds is 5. The van der Waals surface area contributed by atoms with Crippen molar-refractivity contribution in [2.75, 3.05) is 6.61 Å². The Bertz CT molecular complexity index is 396. The van der Waals surface area contributed by atoms with Crippen molar-refractivity contribution >= 4 is 21.9 Å². The minimum Gasteiger partial charge on any atom is -0.466 e. The second-order valence-electron chi connectivity index (χ2n) is 3.56. The Kier molecular flexibility index (Phi) is 5.55. The third-order valence-corrected chi connectivity index (χ3v) is 2.78. The minimum atomic E-state index is -0.877. The molecule has 17 heavy (non-hydrogen) atoms. The lowest BCUT2D eigenvalue weighted by Crippen LogP contribution is -2.13. The topological polar surface area (TPSA) is 26.3 Å². The summed E-state index contributed by atoms with van der Waals surface area (Å²) in [5.41, 5.74) is 0.634. The highest BCUT2D eigenvalue weighted by Gasteiger charge is 2.13. The van der Waals surface area contributed by atoms with Crippen LogP contribution >= 0.6 is 15.9 Å². The summed E-state index contributed by atoms with van der Waals surface area (Å²) in [6.07, 6.45) is 0.642. The lowest BCUT2D eigenvalue weighted by Gasteiger charge is -2.09. The van der Waals surface area contributed by atoms with E-state index in [0.717, 1.165) is 12.1 Å². The lowest BCUT2D eigenvalue weighted by molar-refractivity contribution is -0.143. The Labute approximate surface area is 107 Å². The van der Waals surface area contributed by atoms with Gasteiger partial charge in [0.25, 0.3) is 0 Å². The summed E-state index contributed by atoms with van der Waals surface area (Å²) in [7, 11) is 0. The van der Waals surface area contributed by atoms with Crippen LogP contribution in [0.4, 0.5) is 8.78 Å². The summed E-state index contributed by atoms with van der Waals surface area (Å²) in [5, 5.41) is 0. The van der Waals surface area contributed by atoms with Crippen LogP contribution in [0.2, 0.25) is 0 Å². The molecule has 1 aromatic carbocycles. The first-order valence-corrected chi connectivity index (χ1v) is 6.18. The van der Waals surface area contributed by atoms with Crippen LogP contribution in [0.1, 0.15) is 18.9 Å². The second-order valence-corrected chi connectivity index (χ2v) is 4.85. The number of alkyl halides is 1. The molecule has 5 heteroatoms. The Balaban J connectivity index is 2.53. The molecule has 0 aliphatic rings. The van der Waals surface area contributed by atoms with Crippen LogP contribution in [-0.2, 0) is 16.0 Å². The van der Waals surface area contributed by atoms with Crippen LogP contribution in [0.25, 0.3) is 0 Å². The van der Waals surface area contributed by atoms with E-state index in [2.05, 4.69) is 15.9 Å². The summed E-state index contributed by atoms with van der Waals surface area (Å²) >= 11 is 3.31. The van der Waals surface area contributed by atoms with E-state index < -0.39 is 11.6 Å². The van der Waals surface area contributed by atoms with Crippen molar-refractivity contribution < 1.29 is 18.3 Å². The fraction of sp³-hybridized carbons (Fsp3) is 0.417. The average molecular weight is 307 g/mol. The third kappa shape index (κ3) is 4.81. The molecule has 1 rings (SSSR count). The van der Waals surface area contributed by atoms with Crippen LogP contribution in [0.5, 0.6) is 0 Å². The Morgan fingerprint density at radius 1 is 1.41 bits per heavy atom. The van der Waals surface area contributed by atoms with Gasteiger partial charge in [-0.2, -0.15) is 0 Å². The van der Waals surface area contributed by atoms with Gasteiger partial charge in [0.05, 0.1) is 13.0 Å². The average Bonchev–Trinajstić information content (AvgIpc) is 2.23. The first-order chi connectivity index (χ1) is 8.02. The summed E-state index contributed by atoms with van der Waals surface area (Å²) in [6.45, 7) is 2.07. The zero-order valence-electron chi connectivity index (χ0n) is 9.38. The molecular weight excluding hydrogens is 294 g/mol. The first kappa shape index (κ1) is 14.1. The normalized spacial score (nSPS) is 12.2. The van der Waals surface area contributed by atoms with Gasteiger partial charge in [0.2, 0.25) is 0 Å². The molecule has 1 atom stereocenters. The highest BCUT2D eigenvalue weighted by Crippen LogP contribution is 2.16. The monoisotopic (exact) mass is 306 g/mol. The van der Waals surface area contributed by atoms with Gasteiger partial charge >= 0.3 is 5.97 Å². The molecule has 0 saturated heterocycles. The predicted octanol–water partition coefficient (Wildman–Crippen LogP) is 3.22. The molecule has 0 saturated carbocycles. The van der Waals surface area contributed by atoms with E-state index in [1.165, 1.54) is 6.07 Å². The van der Waals surface area contributed by atoms with Crippen LogP contribution in [0.15, 0.2) is 18.2 Å². The maximum Gasteiger partial charge on any atom is 0.306 e. The van der Waals surface area contributed by atoms with Gasteiger partial charge in [-0.25, -0.2) is 8.78 Å². The molecule has 0 aliphatic heterocycles. The maximum absolute atomic E-state index is 12.9. The third-order valence-electron chi connectivity index (χ3n) is 2.13. The fourth-order valence-electron chi connectivity index (χ4n) is 1.40. The van der Waals surface area contributed by atoms with Crippen LogP contribution in [0, 0.1) is 11.6 Å². The number of esters is 1. The van der Waals surface area contributed by atoms with Crippen molar-refractivity contribution in [3.63, 3.8) is 0 Å². The van der Waals surface area contributed by atoms with Gasteiger partial charge in [0, 0.05) is 4.83 Å². The van der Waals surface area contributed by atoms with Crippen LogP contribution in [0.3, 0.4) is 0 Å². The summed E-state index contributed by atoms with van der Waals surface area (Å²) in [6, 6.07) is 3.71. The van der Waals surface area contributed by atoms with E-state index in [-0.39, 0.29) is 17.2 Å². The fourth-order valence-corrected chi connectivity index (χ4v) is 2.03. The van der Waals surface area contributed by atoms with E-state index >= 15 is 0 Å². The standard InChI is InChI=1S/C12H13BrF2O2/c1-2-17-12(16)7-9(13)5-8-3-4-10(14)11(15)6-8/h3-4,6,9H,2,5,7H2,1H3. The van der Waals surface area contributed by atoms with Gasteiger partial charge < -0.3 is 4.74 Å². The van der Waals surface area contributed by atoms with Crippen molar-refractivity contribution in [3.8, 4) is 0 Å². The highest BCUT2D eigenvalue weighted by atomic mass is 79.9. The van der Waals surface area contributed by atoms with E-state index in [4.69, 9.17) is 4.74 Å². The number of carbonyl (C=O) groups is 1. The number of ether oxygens (including phenoxy) is 1. The van der Waals surface area contributed by atoms with Gasteiger partial charge in [-0.3, -0.25) is 4.79 Å². The van der Waals surface area contributed by atoms with Crippen LogP contribution < -0.4 is 0 Å². The van der Waals surface area contributed by atoms with Gasteiger partial charge in [0.15, 0.2) is 11.6 Å². The molecule has 0 radical (unpaired) electrons. The number of halogens is 3. The molecule has 0 fully saturated rings. The molecule has 1 aromatic rings. The van der Waals surface area contributed by atoms with Crippen molar-refractivity contribution in [2.45, 2.75) is 24.6 Å². The second kappa shape index (κ2) is 6.69. The predicted molar refractivity (Wildman–Crippen MR) is 64.0 cm³/mol. The largest absolute Gasteiger partial charge is 0.466 e. The Hall–Kier alpha value is -0.970. The number of benzene rings is 1. The number of carbonyl (C=O) groups excluding carboxylic acids is 1. The van der Waals surface area contributed by atoms with Gasteiger partial charge in [-0.05, 0) is 31.0 Å². The van der Waals surface area contributed by atoms with Crippen molar-refractivity contribution in [3.05, 3.63) is 35.4 Å². The molecule has 0 spiro atoms. The summed E-state index contributed by atoms with van der Waals surface area (Å²) in [4.78, 5) is 11.0. The number of hydrogen-bond donors (Lipinski definition) is 0. The summed E-state index contributed by atoms with van der Waals surface area (Å²) < 4.78 is 30.4. The van der Waals surface area contributed by atoms with Crippen LogP contribution in [-0.4, -0.2) is 17.4 Å². The summed E-state index contributed by atoms with van der Waals surface area (Å²) in [5.74, 6) is -2.06. The van der Waals surface area contributed by atoms with E-state index in [1.807, 2.05) is 0 Å². The Morgan fingerprint density at radius 3 is 2.71 bits per heavy atom. The smallest absolute Gasteiger partial charge is 0.306 e. The van der Waals surface area contributed by atoms with E-state index in [1.54, 1.807) is 6.92 Å². The molecule has 0 bridgehead atoms. The minimum absolute atomic E-state index is 0.147. The molecule has 0 aliphatic carbocycles. The van der Waals surface area contributed by atoms with E-state index in [9.17, 15) is 13.6 Å². The van der Waals surface area contributed by atoms with Crippen molar-refractivity contribution in [1.82, 2.24) is 0 Å². The van der Waals surface area contributed by atoms with Gasteiger partial charge in [-0.15, -0.1) is 0 Å². The highest BCUT2D eigenvalue weighted by molar-refractivity contribution is 9.09. The SMILES string of the molecule is CCOC(=O)CC(Br)Cc1ccc(F)c(F)c1. The Morgan fingerprint density at radius 2 is 2.12 bits per heavy atom. The molecule has 0 amide bonds. The van der Waals surface area contributed by atoms with Crippen molar-refractivity contribution in [1.29, 1.82) is 0 Å². The lowest BCUT2D eigenvalue weighted by atomic mass is 10.1. The molecule has 94 valence electrons. The maximum atomic E-state index is 12.9. The quantitative estimate of drug-likeness (QED) is 0.617. The zero-order valence-corrected chi connectivity index (χ0v) is 11.0. The van der Waals surface area contributed by atoms with E-state index in [0.29, 0.717) is 18.6 Å².